The second-order valence-corrected chi connectivity index (χ2v) is 14.2. The number of rotatable bonds is 10. The number of benzene rings is 2. The third-order valence-electron chi connectivity index (χ3n) is 6.75. The van der Waals surface area contributed by atoms with Gasteiger partial charge in [0.05, 0.1) is 9.79 Å². The monoisotopic (exact) mass is 546 g/mol. The van der Waals surface area contributed by atoms with Crippen LogP contribution in [0.2, 0.25) is 0 Å². The maximum Gasteiger partial charge on any atom is 0.243 e. The molecule has 1 heterocycles. The SMILES string of the molecule is CCN(C1CCCCC1)S(=O)(=O)c1ccc(S(=O)(=O)N(Cc2ccc(C)cc2)Cc2cccs2)cc1. The molecule has 0 unspecified atom stereocenters. The molecule has 0 N–H and O–H groups in total. The lowest BCUT2D eigenvalue weighted by molar-refractivity contribution is 0.261. The summed E-state index contributed by atoms with van der Waals surface area (Å²) in [5.41, 5.74) is 2.00. The van der Waals surface area contributed by atoms with Crippen molar-refractivity contribution in [1.29, 1.82) is 0 Å². The van der Waals surface area contributed by atoms with Gasteiger partial charge in [0.2, 0.25) is 20.0 Å². The van der Waals surface area contributed by atoms with Gasteiger partial charge in [-0.1, -0.05) is 62.1 Å². The molecule has 6 nitrogen and oxygen atoms in total. The summed E-state index contributed by atoms with van der Waals surface area (Å²) in [7, 11) is -7.56. The van der Waals surface area contributed by atoms with Crippen LogP contribution in [0.15, 0.2) is 75.8 Å². The minimum absolute atomic E-state index is 0.00737. The van der Waals surface area contributed by atoms with E-state index in [1.54, 1.807) is 4.31 Å². The van der Waals surface area contributed by atoms with E-state index in [1.165, 1.54) is 39.9 Å². The third-order valence-corrected chi connectivity index (χ3v) is 11.5. The lowest BCUT2D eigenvalue weighted by atomic mass is 9.95. The van der Waals surface area contributed by atoms with Gasteiger partial charge in [-0.15, -0.1) is 11.3 Å². The summed E-state index contributed by atoms with van der Waals surface area (Å²) in [6.07, 6.45) is 4.96. The van der Waals surface area contributed by atoms with Gasteiger partial charge in [-0.2, -0.15) is 8.61 Å². The Morgan fingerprint density at radius 1 is 0.806 bits per heavy atom. The minimum atomic E-state index is -3.86. The number of sulfonamides is 2. The van der Waals surface area contributed by atoms with Gasteiger partial charge in [-0.25, -0.2) is 16.8 Å². The minimum Gasteiger partial charge on any atom is -0.207 e. The first kappa shape index (κ1) is 27.0. The van der Waals surface area contributed by atoms with Crippen molar-refractivity contribution in [3.8, 4) is 0 Å². The van der Waals surface area contributed by atoms with Crippen molar-refractivity contribution < 1.29 is 16.8 Å². The van der Waals surface area contributed by atoms with Crippen molar-refractivity contribution in [1.82, 2.24) is 8.61 Å². The summed E-state index contributed by atoms with van der Waals surface area (Å²) in [6.45, 7) is 4.73. The number of hydrogen-bond acceptors (Lipinski definition) is 5. The lowest BCUT2D eigenvalue weighted by Gasteiger charge is -2.32. The molecule has 36 heavy (non-hydrogen) atoms. The van der Waals surface area contributed by atoms with Crippen molar-refractivity contribution in [3.05, 3.63) is 82.0 Å². The smallest absolute Gasteiger partial charge is 0.207 e. The van der Waals surface area contributed by atoms with Gasteiger partial charge in [-0.05, 0) is 61.0 Å². The summed E-state index contributed by atoms with van der Waals surface area (Å²) in [6, 6.07) is 17.4. The quantitative estimate of drug-likeness (QED) is 0.323. The van der Waals surface area contributed by atoms with Gasteiger partial charge < -0.3 is 0 Å². The Hall–Kier alpha value is -2.04. The highest BCUT2D eigenvalue weighted by Gasteiger charge is 2.32. The summed E-state index contributed by atoms with van der Waals surface area (Å²) in [5, 5.41) is 1.93. The topological polar surface area (TPSA) is 74.8 Å². The Labute approximate surface area is 219 Å². The second-order valence-electron chi connectivity index (χ2n) is 9.31. The van der Waals surface area contributed by atoms with E-state index in [9.17, 15) is 16.8 Å². The largest absolute Gasteiger partial charge is 0.243 e. The van der Waals surface area contributed by atoms with Gasteiger partial charge >= 0.3 is 0 Å². The molecular formula is C27H34N2O4S3. The Balaban J connectivity index is 1.61. The molecule has 0 amide bonds. The predicted octanol–water partition coefficient (Wildman–Crippen LogP) is 5.79. The van der Waals surface area contributed by atoms with Crippen molar-refractivity contribution in [2.75, 3.05) is 6.54 Å². The standard InChI is InChI=1S/C27H34N2O4S3/c1-3-29(24-8-5-4-6-9-24)36(32,33)27-17-15-26(16-18-27)35(30,31)28(21-25-10-7-19-34-25)20-23-13-11-22(2)12-14-23/h7,10-19,24H,3-6,8-9,20-21H2,1-2H3. The van der Waals surface area contributed by atoms with E-state index in [1.807, 2.05) is 55.6 Å². The van der Waals surface area contributed by atoms with Crippen molar-refractivity contribution in [3.63, 3.8) is 0 Å². The van der Waals surface area contributed by atoms with Crippen LogP contribution in [0.3, 0.4) is 0 Å². The van der Waals surface area contributed by atoms with E-state index in [0.717, 1.165) is 48.1 Å². The molecular weight excluding hydrogens is 513 g/mol. The maximum absolute atomic E-state index is 13.7. The zero-order valence-corrected chi connectivity index (χ0v) is 23.3. The molecule has 9 heteroatoms. The molecule has 0 radical (unpaired) electrons. The van der Waals surface area contributed by atoms with E-state index >= 15 is 0 Å². The number of thiophene rings is 1. The normalized spacial score (nSPS) is 15.6. The molecule has 0 aliphatic heterocycles. The van der Waals surface area contributed by atoms with Crippen LogP contribution >= 0.6 is 11.3 Å². The maximum atomic E-state index is 13.7. The van der Waals surface area contributed by atoms with Crippen LogP contribution in [0, 0.1) is 6.92 Å². The Bertz CT molecular complexity index is 1330. The van der Waals surface area contributed by atoms with Crippen molar-refractivity contribution >= 4 is 31.4 Å². The molecule has 1 aliphatic rings. The average Bonchev–Trinajstić information content (AvgIpc) is 3.39. The molecule has 0 saturated heterocycles. The number of hydrogen-bond donors (Lipinski definition) is 0. The fourth-order valence-corrected chi connectivity index (χ4v) is 8.66. The first-order valence-corrected chi connectivity index (χ1v) is 16.2. The van der Waals surface area contributed by atoms with Crippen LogP contribution in [0.5, 0.6) is 0 Å². The van der Waals surface area contributed by atoms with Crippen molar-refractivity contribution in [2.45, 2.75) is 74.9 Å². The molecule has 194 valence electrons. The molecule has 1 aliphatic carbocycles. The molecule has 0 bridgehead atoms. The van der Waals surface area contributed by atoms with Crippen molar-refractivity contribution in [2.24, 2.45) is 0 Å². The van der Waals surface area contributed by atoms with E-state index in [4.69, 9.17) is 0 Å². The molecule has 4 rings (SSSR count). The van der Waals surface area contributed by atoms with E-state index in [2.05, 4.69) is 0 Å². The summed E-state index contributed by atoms with van der Waals surface area (Å²) < 4.78 is 57.2. The molecule has 0 atom stereocenters. The summed E-state index contributed by atoms with van der Waals surface area (Å²) >= 11 is 1.51. The summed E-state index contributed by atoms with van der Waals surface area (Å²) in [4.78, 5) is 1.17. The van der Waals surface area contributed by atoms with Crippen LogP contribution in [0.1, 0.15) is 55.0 Å². The van der Waals surface area contributed by atoms with Gasteiger partial charge in [0.15, 0.2) is 0 Å². The number of nitrogens with zero attached hydrogens (tertiary/aromatic N) is 2. The molecule has 2 aromatic carbocycles. The van der Waals surface area contributed by atoms with Crippen LogP contribution < -0.4 is 0 Å². The summed E-state index contributed by atoms with van der Waals surface area (Å²) in [5.74, 6) is 0. The van der Waals surface area contributed by atoms with Crippen LogP contribution in [0.4, 0.5) is 0 Å². The van der Waals surface area contributed by atoms with Crippen LogP contribution in [-0.4, -0.2) is 38.0 Å². The van der Waals surface area contributed by atoms with Gasteiger partial charge in [0, 0.05) is 30.6 Å². The molecule has 1 fully saturated rings. The van der Waals surface area contributed by atoms with Gasteiger partial charge in [0.25, 0.3) is 0 Å². The van der Waals surface area contributed by atoms with Gasteiger partial charge in [-0.3, -0.25) is 0 Å². The highest BCUT2D eigenvalue weighted by Crippen LogP contribution is 2.29. The van der Waals surface area contributed by atoms with E-state index < -0.39 is 20.0 Å². The first-order valence-electron chi connectivity index (χ1n) is 12.4. The zero-order chi connectivity index (χ0) is 25.8. The van der Waals surface area contributed by atoms with Crippen LogP contribution in [0.25, 0.3) is 0 Å². The van der Waals surface area contributed by atoms with Gasteiger partial charge in [0.1, 0.15) is 0 Å². The average molecular weight is 547 g/mol. The number of aryl methyl sites for hydroxylation is 1. The fraction of sp³-hybridized carbons (Fsp3) is 0.407. The Morgan fingerprint density at radius 3 is 1.97 bits per heavy atom. The molecule has 1 aromatic heterocycles. The highest BCUT2D eigenvalue weighted by atomic mass is 32.2. The lowest BCUT2D eigenvalue weighted by Crippen LogP contribution is -2.41. The fourth-order valence-electron chi connectivity index (χ4n) is 4.76. The highest BCUT2D eigenvalue weighted by molar-refractivity contribution is 7.89. The first-order chi connectivity index (χ1) is 17.2. The zero-order valence-electron chi connectivity index (χ0n) is 20.8. The third kappa shape index (κ3) is 6.08. The van der Waals surface area contributed by atoms with E-state index in [0.29, 0.717) is 6.54 Å². The second kappa shape index (κ2) is 11.6. The Morgan fingerprint density at radius 2 is 1.42 bits per heavy atom. The molecule has 3 aromatic rings. The van der Waals surface area contributed by atoms with Crippen LogP contribution in [-0.2, 0) is 33.1 Å². The van der Waals surface area contributed by atoms with E-state index in [-0.39, 0.29) is 28.9 Å². The molecule has 1 saturated carbocycles. The Kier molecular flexibility index (Phi) is 8.67. The predicted molar refractivity (Wildman–Crippen MR) is 145 cm³/mol. The molecule has 0 spiro atoms.